The largest absolute Gasteiger partial charge is 0.497 e. The Morgan fingerprint density at radius 1 is 1.09 bits per heavy atom. The lowest BCUT2D eigenvalue weighted by atomic mass is 9.83. The minimum atomic E-state index is -1.39. The molecule has 0 fully saturated rings. The molecule has 1 aliphatic heterocycles. The number of benzene rings is 2. The predicted octanol–water partition coefficient (Wildman–Crippen LogP) is 2.53. The number of carbonyl (C=O) groups excluding carboxylic acids is 2. The Labute approximate surface area is 134 Å². The van der Waals surface area contributed by atoms with E-state index in [1.807, 2.05) is 6.07 Å². The van der Waals surface area contributed by atoms with E-state index in [1.54, 1.807) is 63.5 Å². The van der Waals surface area contributed by atoms with Gasteiger partial charge in [0.2, 0.25) is 5.91 Å². The van der Waals surface area contributed by atoms with Crippen LogP contribution in [0.4, 0.5) is 5.69 Å². The SMILES string of the molecule is COc1ccc2c(c1)[C@](C)(C(=O)Oc1ccccc1)C(=O)N2C. The third-order valence-corrected chi connectivity index (χ3v) is 4.20. The Balaban J connectivity index is 2.04. The number of likely N-dealkylation sites (N-methyl/N-ethyl adjacent to an activating group) is 1. The number of esters is 1. The van der Waals surface area contributed by atoms with E-state index in [0.29, 0.717) is 22.7 Å². The highest BCUT2D eigenvalue weighted by Gasteiger charge is 2.53. The van der Waals surface area contributed by atoms with Crippen LogP contribution in [0.1, 0.15) is 12.5 Å². The summed E-state index contributed by atoms with van der Waals surface area (Å²) in [7, 11) is 3.19. The lowest BCUT2D eigenvalue weighted by Gasteiger charge is -2.21. The molecule has 118 valence electrons. The molecule has 2 aromatic rings. The summed E-state index contributed by atoms with van der Waals surface area (Å²) >= 11 is 0. The van der Waals surface area contributed by atoms with E-state index in [-0.39, 0.29) is 5.91 Å². The van der Waals surface area contributed by atoms with Crippen molar-refractivity contribution in [2.75, 3.05) is 19.1 Å². The first-order valence-electron chi connectivity index (χ1n) is 7.22. The minimum absolute atomic E-state index is 0.318. The van der Waals surface area contributed by atoms with Crippen LogP contribution in [0.5, 0.6) is 11.5 Å². The van der Waals surface area contributed by atoms with Gasteiger partial charge in [-0.2, -0.15) is 0 Å². The van der Waals surface area contributed by atoms with E-state index in [0.717, 1.165) is 0 Å². The van der Waals surface area contributed by atoms with Gasteiger partial charge >= 0.3 is 5.97 Å². The summed E-state index contributed by atoms with van der Waals surface area (Å²) in [4.78, 5) is 26.9. The van der Waals surface area contributed by atoms with Crippen molar-refractivity contribution in [1.29, 1.82) is 0 Å². The minimum Gasteiger partial charge on any atom is -0.497 e. The van der Waals surface area contributed by atoms with Gasteiger partial charge < -0.3 is 14.4 Å². The average Bonchev–Trinajstić information content (AvgIpc) is 2.78. The molecule has 0 saturated carbocycles. The Hall–Kier alpha value is -2.82. The molecule has 1 aliphatic rings. The van der Waals surface area contributed by atoms with E-state index in [2.05, 4.69) is 0 Å². The molecule has 0 radical (unpaired) electrons. The van der Waals surface area contributed by atoms with Crippen LogP contribution in [-0.2, 0) is 15.0 Å². The van der Waals surface area contributed by atoms with Crippen LogP contribution in [0.25, 0.3) is 0 Å². The molecule has 0 saturated heterocycles. The Morgan fingerprint density at radius 3 is 2.43 bits per heavy atom. The van der Waals surface area contributed by atoms with Crippen LogP contribution in [0.15, 0.2) is 48.5 Å². The van der Waals surface area contributed by atoms with Crippen molar-refractivity contribution >= 4 is 17.6 Å². The highest BCUT2D eigenvalue weighted by molar-refractivity contribution is 6.20. The summed E-state index contributed by atoms with van der Waals surface area (Å²) in [6.07, 6.45) is 0. The maximum Gasteiger partial charge on any atom is 0.331 e. The number of para-hydroxylation sites is 1. The molecule has 0 unspecified atom stereocenters. The quantitative estimate of drug-likeness (QED) is 0.496. The molecule has 1 atom stereocenters. The maximum atomic E-state index is 12.7. The number of hydrogen-bond acceptors (Lipinski definition) is 4. The first-order chi connectivity index (χ1) is 11.0. The van der Waals surface area contributed by atoms with Crippen LogP contribution in [0, 0.1) is 0 Å². The van der Waals surface area contributed by atoms with E-state index in [1.165, 1.54) is 4.90 Å². The van der Waals surface area contributed by atoms with Crippen molar-refractivity contribution < 1.29 is 19.1 Å². The second-order valence-electron chi connectivity index (χ2n) is 5.57. The van der Waals surface area contributed by atoms with Gasteiger partial charge in [0, 0.05) is 18.3 Å². The number of carbonyl (C=O) groups is 2. The van der Waals surface area contributed by atoms with Crippen molar-refractivity contribution in [2.45, 2.75) is 12.3 Å². The van der Waals surface area contributed by atoms with E-state index in [9.17, 15) is 9.59 Å². The fourth-order valence-electron chi connectivity index (χ4n) is 2.79. The molecule has 1 amide bonds. The normalized spacial score (nSPS) is 19.4. The first kappa shape index (κ1) is 15.1. The van der Waals surface area contributed by atoms with Gasteiger partial charge in [0.15, 0.2) is 5.41 Å². The third-order valence-electron chi connectivity index (χ3n) is 4.20. The summed E-state index contributed by atoms with van der Waals surface area (Å²) in [6, 6.07) is 14.0. The molecular formula is C18H17NO4. The van der Waals surface area contributed by atoms with Gasteiger partial charge in [-0.3, -0.25) is 9.59 Å². The number of ether oxygens (including phenoxy) is 2. The summed E-state index contributed by atoms with van der Waals surface area (Å²) in [6.45, 7) is 1.59. The molecular weight excluding hydrogens is 294 g/mol. The van der Waals surface area contributed by atoms with Crippen molar-refractivity contribution in [3.05, 3.63) is 54.1 Å². The number of amides is 1. The number of hydrogen-bond donors (Lipinski definition) is 0. The van der Waals surface area contributed by atoms with Gasteiger partial charge in [-0.05, 0) is 37.3 Å². The summed E-state index contributed by atoms with van der Waals surface area (Å²) < 4.78 is 10.6. The molecule has 23 heavy (non-hydrogen) atoms. The molecule has 2 aromatic carbocycles. The van der Waals surface area contributed by atoms with Gasteiger partial charge in [0.1, 0.15) is 11.5 Å². The van der Waals surface area contributed by atoms with E-state index >= 15 is 0 Å². The Bertz CT molecular complexity index is 772. The number of rotatable bonds is 3. The van der Waals surface area contributed by atoms with Gasteiger partial charge in [-0.25, -0.2) is 0 Å². The zero-order chi connectivity index (χ0) is 16.6. The van der Waals surface area contributed by atoms with Crippen molar-refractivity contribution in [3.8, 4) is 11.5 Å². The van der Waals surface area contributed by atoms with Crippen LogP contribution in [0.3, 0.4) is 0 Å². The van der Waals surface area contributed by atoms with Crippen molar-refractivity contribution in [3.63, 3.8) is 0 Å². The predicted molar refractivity (Wildman–Crippen MR) is 85.8 cm³/mol. The lowest BCUT2D eigenvalue weighted by Crippen LogP contribution is -2.45. The summed E-state index contributed by atoms with van der Waals surface area (Å²) in [5.74, 6) is 0.0744. The molecule has 0 spiro atoms. The van der Waals surface area contributed by atoms with Gasteiger partial charge in [0.05, 0.1) is 7.11 Å². The first-order valence-corrected chi connectivity index (χ1v) is 7.22. The molecule has 0 bridgehead atoms. The van der Waals surface area contributed by atoms with Crippen LogP contribution >= 0.6 is 0 Å². The second-order valence-corrected chi connectivity index (χ2v) is 5.57. The van der Waals surface area contributed by atoms with Crippen molar-refractivity contribution in [1.82, 2.24) is 0 Å². The highest BCUT2D eigenvalue weighted by Crippen LogP contribution is 2.43. The molecule has 0 aliphatic carbocycles. The number of methoxy groups -OCH3 is 1. The van der Waals surface area contributed by atoms with Crippen LogP contribution in [-0.4, -0.2) is 26.0 Å². The monoisotopic (exact) mass is 311 g/mol. The van der Waals surface area contributed by atoms with Crippen LogP contribution < -0.4 is 14.4 Å². The van der Waals surface area contributed by atoms with Gasteiger partial charge in [0.25, 0.3) is 0 Å². The highest BCUT2D eigenvalue weighted by atomic mass is 16.5. The molecule has 0 N–H and O–H groups in total. The molecule has 5 heteroatoms. The number of anilines is 1. The zero-order valence-corrected chi connectivity index (χ0v) is 13.2. The third kappa shape index (κ3) is 2.25. The van der Waals surface area contributed by atoms with Crippen molar-refractivity contribution in [2.24, 2.45) is 0 Å². The standard InChI is InChI=1S/C18H17NO4/c1-18(17(21)23-12-7-5-4-6-8-12)14-11-13(22-3)9-10-15(14)19(2)16(18)20/h4-11H,1-3H3/t18-/m0/s1. The topological polar surface area (TPSA) is 55.8 Å². The Kier molecular flexibility index (Phi) is 3.56. The fourth-order valence-corrected chi connectivity index (χ4v) is 2.79. The van der Waals surface area contributed by atoms with Gasteiger partial charge in [-0.1, -0.05) is 18.2 Å². The zero-order valence-electron chi connectivity index (χ0n) is 13.2. The smallest absolute Gasteiger partial charge is 0.331 e. The number of nitrogens with zero attached hydrogens (tertiary/aromatic N) is 1. The second kappa shape index (κ2) is 5.43. The summed E-state index contributed by atoms with van der Waals surface area (Å²) in [5.41, 5.74) is -0.123. The van der Waals surface area contributed by atoms with E-state index < -0.39 is 11.4 Å². The molecule has 1 heterocycles. The lowest BCUT2D eigenvalue weighted by molar-refractivity contribution is -0.145. The van der Waals surface area contributed by atoms with Crippen LogP contribution in [0.2, 0.25) is 0 Å². The number of fused-ring (bicyclic) bond motifs is 1. The summed E-state index contributed by atoms with van der Waals surface area (Å²) in [5, 5.41) is 0. The molecule has 3 rings (SSSR count). The average molecular weight is 311 g/mol. The maximum absolute atomic E-state index is 12.7. The van der Waals surface area contributed by atoms with E-state index in [4.69, 9.17) is 9.47 Å². The van der Waals surface area contributed by atoms with Gasteiger partial charge in [-0.15, -0.1) is 0 Å². The Morgan fingerprint density at radius 2 is 1.78 bits per heavy atom. The molecule has 5 nitrogen and oxygen atoms in total. The molecule has 0 aromatic heterocycles. The fraction of sp³-hybridized carbons (Fsp3) is 0.222.